The molecular weight excluding hydrogens is 252 g/mol. The van der Waals surface area contributed by atoms with Crippen molar-refractivity contribution in [2.45, 2.75) is 13.5 Å². The monoisotopic (exact) mass is 268 g/mol. The number of hydrogen-bond acceptors (Lipinski definition) is 4. The number of aromatic nitrogens is 5. The van der Waals surface area contributed by atoms with Crippen LogP contribution in [-0.4, -0.2) is 24.1 Å². The smallest absolute Gasteiger partial charge is 0.161 e. The van der Waals surface area contributed by atoms with E-state index >= 15 is 0 Å². The van der Waals surface area contributed by atoms with Gasteiger partial charge in [0.05, 0.1) is 12.2 Å². The molecule has 102 valence electrons. The van der Waals surface area contributed by atoms with Crippen LogP contribution in [0.25, 0.3) is 5.82 Å². The SMILES string of the molecule is Cc1nccn1-c1ncccc1NCc1nccn1C. The quantitative estimate of drug-likeness (QED) is 0.785. The first-order chi connectivity index (χ1) is 9.75. The second kappa shape index (κ2) is 5.16. The molecular formula is C14H16N6. The van der Waals surface area contributed by atoms with Crippen molar-refractivity contribution in [3.05, 3.63) is 54.8 Å². The molecule has 3 aromatic rings. The van der Waals surface area contributed by atoms with Gasteiger partial charge in [-0.3, -0.25) is 4.57 Å². The summed E-state index contributed by atoms with van der Waals surface area (Å²) < 4.78 is 3.95. The zero-order valence-corrected chi connectivity index (χ0v) is 11.5. The Morgan fingerprint density at radius 3 is 2.65 bits per heavy atom. The van der Waals surface area contributed by atoms with Crippen molar-refractivity contribution < 1.29 is 0 Å². The second-order valence-electron chi connectivity index (χ2n) is 4.53. The molecule has 6 nitrogen and oxygen atoms in total. The molecule has 3 rings (SSSR count). The van der Waals surface area contributed by atoms with E-state index < -0.39 is 0 Å². The minimum Gasteiger partial charge on any atom is -0.375 e. The van der Waals surface area contributed by atoms with Crippen molar-refractivity contribution >= 4 is 5.69 Å². The van der Waals surface area contributed by atoms with Crippen LogP contribution in [0, 0.1) is 6.92 Å². The zero-order valence-electron chi connectivity index (χ0n) is 11.5. The van der Waals surface area contributed by atoms with Gasteiger partial charge in [0.15, 0.2) is 5.82 Å². The van der Waals surface area contributed by atoms with Crippen LogP contribution >= 0.6 is 0 Å². The third kappa shape index (κ3) is 2.27. The van der Waals surface area contributed by atoms with E-state index in [1.54, 1.807) is 18.6 Å². The summed E-state index contributed by atoms with van der Waals surface area (Å²) in [6, 6.07) is 3.92. The van der Waals surface area contributed by atoms with E-state index in [2.05, 4.69) is 20.3 Å². The Hall–Kier alpha value is -2.63. The van der Waals surface area contributed by atoms with Gasteiger partial charge < -0.3 is 9.88 Å². The maximum atomic E-state index is 4.44. The molecule has 0 aliphatic heterocycles. The maximum Gasteiger partial charge on any atom is 0.161 e. The van der Waals surface area contributed by atoms with Crippen LogP contribution in [0.3, 0.4) is 0 Å². The van der Waals surface area contributed by atoms with Crippen molar-refractivity contribution in [3.8, 4) is 5.82 Å². The number of nitrogens with one attached hydrogen (secondary N) is 1. The molecule has 0 atom stereocenters. The zero-order chi connectivity index (χ0) is 13.9. The van der Waals surface area contributed by atoms with Crippen LogP contribution in [0.15, 0.2) is 43.1 Å². The first-order valence-corrected chi connectivity index (χ1v) is 6.41. The van der Waals surface area contributed by atoms with Crippen LogP contribution in [0.2, 0.25) is 0 Å². The highest BCUT2D eigenvalue weighted by Gasteiger charge is 2.08. The molecule has 20 heavy (non-hydrogen) atoms. The van der Waals surface area contributed by atoms with E-state index in [4.69, 9.17) is 0 Å². The Balaban J connectivity index is 1.87. The largest absolute Gasteiger partial charge is 0.375 e. The van der Waals surface area contributed by atoms with Crippen LogP contribution in [0.4, 0.5) is 5.69 Å². The number of rotatable bonds is 4. The van der Waals surface area contributed by atoms with Crippen molar-refractivity contribution in [2.75, 3.05) is 5.32 Å². The van der Waals surface area contributed by atoms with E-state index in [0.717, 1.165) is 23.2 Å². The lowest BCUT2D eigenvalue weighted by atomic mass is 10.3. The fraction of sp³-hybridized carbons (Fsp3) is 0.214. The van der Waals surface area contributed by atoms with Crippen molar-refractivity contribution in [1.82, 2.24) is 24.1 Å². The second-order valence-corrected chi connectivity index (χ2v) is 4.53. The van der Waals surface area contributed by atoms with Gasteiger partial charge in [-0.25, -0.2) is 15.0 Å². The van der Waals surface area contributed by atoms with Gasteiger partial charge in [-0.15, -0.1) is 0 Å². The van der Waals surface area contributed by atoms with Gasteiger partial charge in [0, 0.05) is 38.0 Å². The summed E-state index contributed by atoms with van der Waals surface area (Å²) in [6.07, 6.45) is 9.18. The number of pyridine rings is 1. The van der Waals surface area contributed by atoms with Crippen molar-refractivity contribution in [1.29, 1.82) is 0 Å². The van der Waals surface area contributed by atoms with Crippen LogP contribution in [0.1, 0.15) is 11.6 Å². The van der Waals surface area contributed by atoms with Gasteiger partial charge in [0.2, 0.25) is 0 Å². The predicted octanol–water partition coefficient (Wildman–Crippen LogP) is 1.92. The molecule has 0 saturated heterocycles. The lowest BCUT2D eigenvalue weighted by Gasteiger charge is -2.12. The predicted molar refractivity (Wildman–Crippen MR) is 76.6 cm³/mol. The molecule has 0 saturated carbocycles. The maximum absolute atomic E-state index is 4.44. The minimum absolute atomic E-state index is 0.649. The third-order valence-electron chi connectivity index (χ3n) is 3.20. The van der Waals surface area contributed by atoms with Crippen molar-refractivity contribution in [2.24, 2.45) is 7.05 Å². The normalized spacial score (nSPS) is 10.7. The Kier molecular flexibility index (Phi) is 3.20. The van der Waals surface area contributed by atoms with Crippen LogP contribution < -0.4 is 5.32 Å². The van der Waals surface area contributed by atoms with E-state index in [-0.39, 0.29) is 0 Å². The van der Waals surface area contributed by atoms with Crippen molar-refractivity contribution in [3.63, 3.8) is 0 Å². The molecule has 6 heteroatoms. The Morgan fingerprint density at radius 2 is 1.95 bits per heavy atom. The number of imidazole rings is 2. The average Bonchev–Trinajstić information content (AvgIpc) is 3.06. The molecule has 0 spiro atoms. The highest BCUT2D eigenvalue weighted by Crippen LogP contribution is 2.18. The Bertz CT molecular complexity index is 712. The summed E-state index contributed by atoms with van der Waals surface area (Å²) in [5.41, 5.74) is 0.955. The Labute approximate surface area is 117 Å². The molecule has 0 aromatic carbocycles. The summed E-state index contributed by atoms with van der Waals surface area (Å²) in [7, 11) is 1.98. The molecule has 0 fully saturated rings. The fourth-order valence-electron chi connectivity index (χ4n) is 2.07. The van der Waals surface area contributed by atoms with Crippen LogP contribution in [-0.2, 0) is 13.6 Å². The van der Waals surface area contributed by atoms with Gasteiger partial charge >= 0.3 is 0 Å². The molecule has 3 heterocycles. The van der Waals surface area contributed by atoms with Gasteiger partial charge in [-0.05, 0) is 19.1 Å². The fourth-order valence-corrected chi connectivity index (χ4v) is 2.07. The summed E-state index contributed by atoms with van der Waals surface area (Å²) in [4.78, 5) is 13.0. The average molecular weight is 268 g/mol. The summed E-state index contributed by atoms with van der Waals surface area (Å²) >= 11 is 0. The molecule has 0 amide bonds. The summed E-state index contributed by atoms with van der Waals surface area (Å²) in [5, 5.41) is 3.38. The van der Waals surface area contributed by atoms with Gasteiger partial charge in [-0.1, -0.05) is 0 Å². The molecule has 0 aliphatic rings. The molecule has 0 radical (unpaired) electrons. The standard InChI is InChI=1S/C14H16N6/c1-11-15-7-9-20(11)14-12(4-3-5-17-14)18-10-13-16-6-8-19(13)2/h3-9,18H,10H2,1-2H3. The highest BCUT2D eigenvalue weighted by molar-refractivity contribution is 5.57. The topological polar surface area (TPSA) is 60.6 Å². The first kappa shape index (κ1) is 12.4. The third-order valence-corrected chi connectivity index (χ3v) is 3.20. The molecule has 1 N–H and O–H groups in total. The van der Waals surface area contributed by atoms with Gasteiger partial charge in [0.1, 0.15) is 11.6 Å². The van der Waals surface area contributed by atoms with Gasteiger partial charge in [-0.2, -0.15) is 0 Å². The molecule has 0 bridgehead atoms. The number of hydrogen-bond donors (Lipinski definition) is 1. The summed E-state index contributed by atoms with van der Waals surface area (Å²) in [5.74, 6) is 2.72. The first-order valence-electron chi connectivity index (χ1n) is 6.41. The lowest BCUT2D eigenvalue weighted by Crippen LogP contribution is -2.09. The number of nitrogens with zero attached hydrogens (tertiary/aromatic N) is 5. The van der Waals surface area contributed by atoms with Crippen LogP contribution in [0.5, 0.6) is 0 Å². The van der Waals surface area contributed by atoms with E-state index in [1.165, 1.54) is 0 Å². The molecule has 3 aromatic heterocycles. The minimum atomic E-state index is 0.649. The van der Waals surface area contributed by atoms with E-state index in [1.807, 2.05) is 47.6 Å². The Morgan fingerprint density at radius 1 is 1.10 bits per heavy atom. The van der Waals surface area contributed by atoms with E-state index in [9.17, 15) is 0 Å². The van der Waals surface area contributed by atoms with Gasteiger partial charge in [0.25, 0.3) is 0 Å². The molecule has 0 unspecified atom stereocenters. The van der Waals surface area contributed by atoms with E-state index in [0.29, 0.717) is 6.54 Å². The summed E-state index contributed by atoms with van der Waals surface area (Å²) in [6.45, 7) is 2.60. The highest BCUT2D eigenvalue weighted by atomic mass is 15.1. The number of aryl methyl sites for hydroxylation is 2. The lowest BCUT2D eigenvalue weighted by molar-refractivity contribution is 0.811. The number of anilines is 1. The molecule has 0 aliphatic carbocycles.